The lowest BCUT2D eigenvalue weighted by atomic mass is 10.0. The van der Waals surface area contributed by atoms with E-state index in [4.69, 9.17) is 0 Å². The van der Waals surface area contributed by atoms with Gasteiger partial charge < -0.3 is 10.6 Å². The van der Waals surface area contributed by atoms with Crippen LogP contribution in [0.25, 0.3) is 0 Å². The number of rotatable bonds is 6. The number of amides is 2. The van der Waals surface area contributed by atoms with Gasteiger partial charge in [-0.15, -0.1) is 0 Å². The zero-order chi connectivity index (χ0) is 19.3. The molecule has 0 bridgehead atoms. The van der Waals surface area contributed by atoms with E-state index in [2.05, 4.69) is 10.6 Å². The van der Waals surface area contributed by atoms with Crippen molar-refractivity contribution in [2.24, 2.45) is 0 Å². The zero-order valence-corrected chi connectivity index (χ0v) is 16.3. The van der Waals surface area contributed by atoms with Gasteiger partial charge in [-0.2, -0.15) is 4.31 Å². The van der Waals surface area contributed by atoms with Crippen LogP contribution in [0.3, 0.4) is 0 Å². The van der Waals surface area contributed by atoms with Crippen LogP contribution >= 0.6 is 0 Å². The minimum Gasteiger partial charge on any atom is -0.356 e. The van der Waals surface area contributed by atoms with E-state index in [9.17, 15) is 18.0 Å². The van der Waals surface area contributed by atoms with Gasteiger partial charge in [0.2, 0.25) is 21.8 Å². The molecule has 2 N–H and O–H groups in total. The summed E-state index contributed by atoms with van der Waals surface area (Å²) in [4.78, 5) is 22.8. The molecular weight excluding hydrogens is 354 g/mol. The fourth-order valence-electron chi connectivity index (χ4n) is 3.28. The number of nitrogens with zero attached hydrogens (tertiary/aromatic N) is 1. The van der Waals surface area contributed by atoms with Crippen LogP contribution in [-0.2, 0) is 19.6 Å². The molecule has 144 valence electrons. The Morgan fingerprint density at radius 1 is 1.12 bits per heavy atom. The number of piperidine rings is 1. The van der Waals surface area contributed by atoms with Crippen LogP contribution in [0.1, 0.15) is 46.5 Å². The molecule has 0 saturated carbocycles. The van der Waals surface area contributed by atoms with Crippen molar-refractivity contribution in [3.63, 3.8) is 0 Å². The minimum atomic E-state index is -3.56. The summed E-state index contributed by atoms with van der Waals surface area (Å²) < 4.78 is 27.5. The molecule has 1 fully saturated rings. The topological polar surface area (TPSA) is 95.6 Å². The molecule has 1 saturated heterocycles. The van der Waals surface area contributed by atoms with Gasteiger partial charge >= 0.3 is 0 Å². The van der Waals surface area contributed by atoms with Crippen LogP contribution in [-0.4, -0.2) is 43.2 Å². The average molecular weight is 381 g/mol. The van der Waals surface area contributed by atoms with Gasteiger partial charge in [-0.3, -0.25) is 9.59 Å². The maximum atomic E-state index is 12.9. The third-order valence-corrected chi connectivity index (χ3v) is 6.69. The minimum absolute atomic E-state index is 0.0168. The van der Waals surface area contributed by atoms with E-state index in [0.717, 1.165) is 19.3 Å². The highest BCUT2D eigenvalue weighted by Crippen LogP contribution is 2.29. The maximum absolute atomic E-state index is 12.9. The largest absolute Gasteiger partial charge is 0.356 e. The second-order valence-corrected chi connectivity index (χ2v) is 8.61. The van der Waals surface area contributed by atoms with Gasteiger partial charge in [0.25, 0.3) is 0 Å². The predicted molar refractivity (Wildman–Crippen MR) is 100 cm³/mol. The quantitative estimate of drug-likeness (QED) is 0.789. The molecule has 7 nitrogen and oxygen atoms in total. The highest BCUT2D eigenvalue weighted by Gasteiger charge is 2.35. The zero-order valence-electron chi connectivity index (χ0n) is 15.5. The molecule has 2 unspecified atom stereocenters. The maximum Gasteiger partial charge on any atom is 0.243 e. The van der Waals surface area contributed by atoms with Gasteiger partial charge in [0, 0.05) is 37.7 Å². The molecule has 1 aromatic rings. The Bertz CT molecular complexity index is 736. The van der Waals surface area contributed by atoms with Crippen LogP contribution in [0, 0.1) is 0 Å². The second-order valence-electron chi connectivity index (χ2n) is 6.77. The number of nitrogens with one attached hydrogen (secondary N) is 2. The van der Waals surface area contributed by atoms with Crippen LogP contribution in [0.4, 0.5) is 5.69 Å². The Morgan fingerprint density at radius 2 is 1.69 bits per heavy atom. The number of hydrogen-bond acceptors (Lipinski definition) is 4. The van der Waals surface area contributed by atoms with E-state index in [1.54, 1.807) is 16.4 Å². The van der Waals surface area contributed by atoms with Crippen molar-refractivity contribution in [1.82, 2.24) is 9.62 Å². The van der Waals surface area contributed by atoms with Crippen molar-refractivity contribution in [2.75, 3.05) is 11.9 Å². The summed E-state index contributed by atoms with van der Waals surface area (Å²) in [5.74, 6) is -0.429. The van der Waals surface area contributed by atoms with Crippen LogP contribution < -0.4 is 10.6 Å². The van der Waals surface area contributed by atoms with Crippen molar-refractivity contribution in [2.45, 2.75) is 63.4 Å². The molecule has 0 radical (unpaired) electrons. The van der Waals surface area contributed by atoms with Crippen molar-refractivity contribution >= 4 is 27.5 Å². The first-order valence-corrected chi connectivity index (χ1v) is 10.3. The molecule has 26 heavy (non-hydrogen) atoms. The lowest BCUT2D eigenvalue weighted by Crippen LogP contribution is -2.47. The molecule has 2 rings (SSSR count). The molecule has 8 heteroatoms. The lowest BCUT2D eigenvalue weighted by molar-refractivity contribution is -0.119. The molecule has 1 heterocycles. The number of carbonyl (C=O) groups excluding carboxylic acids is 2. The van der Waals surface area contributed by atoms with Gasteiger partial charge in [0.15, 0.2) is 0 Å². The summed E-state index contributed by atoms with van der Waals surface area (Å²) in [7, 11) is -3.56. The van der Waals surface area contributed by atoms with Crippen LogP contribution in [0.2, 0.25) is 0 Å². The predicted octanol–water partition coefficient (Wildman–Crippen LogP) is 2.10. The summed E-state index contributed by atoms with van der Waals surface area (Å²) in [5, 5.41) is 5.24. The molecule has 0 spiro atoms. The SMILES string of the molecule is CC(=O)NCCC(=O)Nc1ccc(S(=O)(=O)N2C(C)CCCC2C)cc1. The average Bonchev–Trinajstić information content (AvgIpc) is 2.54. The Balaban J connectivity index is 2.04. The van der Waals surface area contributed by atoms with Crippen LogP contribution in [0.15, 0.2) is 29.2 Å². The van der Waals surface area contributed by atoms with Crippen LogP contribution in [0.5, 0.6) is 0 Å². The van der Waals surface area contributed by atoms with E-state index in [1.807, 2.05) is 13.8 Å². The highest BCUT2D eigenvalue weighted by molar-refractivity contribution is 7.89. The van der Waals surface area contributed by atoms with Crippen molar-refractivity contribution in [1.29, 1.82) is 0 Å². The fraction of sp³-hybridized carbons (Fsp3) is 0.556. The molecule has 2 amide bonds. The van der Waals surface area contributed by atoms with Crippen molar-refractivity contribution in [3.05, 3.63) is 24.3 Å². The molecular formula is C18H27N3O4S. The normalized spacial score (nSPS) is 21.2. The first kappa shape index (κ1) is 20.4. The van der Waals surface area contributed by atoms with Gasteiger partial charge in [-0.1, -0.05) is 6.42 Å². The third-order valence-electron chi connectivity index (χ3n) is 4.55. The number of sulfonamides is 1. The van der Waals surface area contributed by atoms with Gasteiger partial charge in [-0.25, -0.2) is 8.42 Å². The monoisotopic (exact) mass is 381 g/mol. The van der Waals surface area contributed by atoms with Gasteiger partial charge in [-0.05, 0) is 51.0 Å². The molecule has 2 atom stereocenters. The molecule has 0 aliphatic carbocycles. The third kappa shape index (κ3) is 5.04. The summed E-state index contributed by atoms with van der Waals surface area (Å²) in [6, 6.07) is 6.18. The number of hydrogen-bond donors (Lipinski definition) is 2. The van der Waals surface area contributed by atoms with E-state index in [0.29, 0.717) is 5.69 Å². The molecule has 1 aromatic carbocycles. The van der Waals surface area contributed by atoms with Crippen molar-refractivity contribution < 1.29 is 18.0 Å². The Kier molecular flexibility index (Phi) is 6.77. The second kappa shape index (κ2) is 8.64. The molecule has 1 aliphatic rings. The number of carbonyl (C=O) groups is 2. The number of benzene rings is 1. The summed E-state index contributed by atoms with van der Waals surface area (Å²) in [5.41, 5.74) is 0.525. The van der Waals surface area contributed by atoms with Gasteiger partial charge in [0.05, 0.1) is 4.90 Å². The van der Waals surface area contributed by atoms with Crippen molar-refractivity contribution in [3.8, 4) is 0 Å². The standard InChI is InChI=1S/C18H27N3O4S/c1-13-5-4-6-14(2)21(13)26(24,25)17-9-7-16(8-10-17)20-18(23)11-12-19-15(3)22/h7-10,13-14H,4-6,11-12H2,1-3H3,(H,19,22)(H,20,23). The smallest absolute Gasteiger partial charge is 0.243 e. The van der Waals surface area contributed by atoms with E-state index in [-0.39, 0.29) is 41.8 Å². The van der Waals surface area contributed by atoms with E-state index >= 15 is 0 Å². The number of anilines is 1. The fourth-order valence-corrected chi connectivity index (χ4v) is 5.16. The summed E-state index contributed by atoms with van der Waals surface area (Å²) >= 11 is 0. The summed E-state index contributed by atoms with van der Waals surface area (Å²) in [6.45, 7) is 5.53. The Labute approximate surface area is 155 Å². The first-order valence-electron chi connectivity index (χ1n) is 8.89. The molecule has 1 aliphatic heterocycles. The Hall–Kier alpha value is -1.93. The Morgan fingerprint density at radius 3 is 2.23 bits per heavy atom. The lowest BCUT2D eigenvalue weighted by Gasteiger charge is -2.37. The summed E-state index contributed by atoms with van der Waals surface area (Å²) in [6.07, 6.45) is 2.93. The first-order chi connectivity index (χ1) is 12.2. The van der Waals surface area contributed by atoms with E-state index in [1.165, 1.54) is 19.1 Å². The van der Waals surface area contributed by atoms with Gasteiger partial charge in [0.1, 0.15) is 0 Å². The van der Waals surface area contributed by atoms with E-state index < -0.39 is 10.0 Å². The molecule has 0 aromatic heterocycles. The highest BCUT2D eigenvalue weighted by atomic mass is 32.2.